The van der Waals surface area contributed by atoms with Crippen LogP contribution < -0.4 is 21.3 Å². The van der Waals surface area contributed by atoms with E-state index in [1.165, 1.54) is 0 Å². The van der Waals surface area contributed by atoms with Gasteiger partial charge in [0.1, 0.15) is 18.2 Å². The van der Waals surface area contributed by atoms with Gasteiger partial charge in [0, 0.05) is 18.2 Å². The van der Waals surface area contributed by atoms with Gasteiger partial charge in [0.15, 0.2) is 9.84 Å². The number of hydrogen-bond donors (Lipinski definition) is 2. The summed E-state index contributed by atoms with van der Waals surface area (Å²) in [5.74, 6) is -1.75. The average molecular weight is 554 g/mol. The van der Waals surface area contributed by atoms with Gasteiger partial charge in [-0.25, -0.2) is 13.2 Å². The molecular formula is C24H22F3N3O7S. The largest absolute Gasteiger partial charge is 0.573 e. The second kappa shape index (κ2) is 10.8. The monoisotopic (exact) mass is 553 g/mol. The zero-order valence-electron chi connectivity index (χ0n) is 19.7. The van der Waals surface area contributed by atoms with Gasteiger partial charge >= 0.3 is 12.1 Å². The molecule has 2 aromatic carbocycles. The van der Waals surface area contributed by atoms with Crippen LogP contribution in [0.2, 0.25) is 0 Å². The zero-order valence-corrected chi connectivity index (χ0v) is 20.5. The topological polar surface area (TPSA) is 137 Å². The van der Waals surface area contributed by atoms with Crippen LogP contribution in [0.15, 0.2) is 69.1 Å². The van der Waals surface area contributed by atoms with Crippen LogP contribution >= 0.6 is 0 Å². The molecule has 0 radical (unpaired) electrons. The zero-order chi connectivity index (χ0) is 27.5. The minimum atomic E-state index is -5.12. The fraction of sp³-hybridized carbons (Fsp3) is 0.292. The number of sulfone groups is 1. The van der Waals surface area contributed by atoms with Gasteiger partial charge in [-0.05, 0) is 30.5 Å². The molecule has 1 fully saturated rings. The first kappa shape index (κ1) is 27.1. The highest BCUT2D eigenvalue weighted by Crippen LogP contribution is 2.36. The third-order valence-corrected chi connectivity index (χ3v) is 7.85. The van der Waals surface area contributed by atoms with Crippen LogP contribution in [0.1, 0.15) is 34.5 Å². The van der Waals surface area contributed by atoms with Crippen molar-refractivity contribution in [2.75, 3.05) is 0 Å². The Bertz CT molecular complexity index is 1550. The molecular weight excluding hydrogens is 531 g/mol. The SMILES string of the molecule is O=C(NCc1ccc(S(=O)(=O)C2CC2)cc1OC(F)(F)F)c1cc(=O)[nH]c(=O)n1COCc1ccccc1. The van der Waals surface area contributed by atoms with Crippen molar-refractivity contribution in [1.82, 2.24) is 14.9 Å². The molecule has 1 saturated carbocycles. The molecule has 0 atom stereocenters. The van der Waals surface area contributed by atoms with E-state index in [9.17, 15) is 36.0 Å². The van der Waals surface area contributed by atoms with E-state index in [-0.39, 0.29) is 17.1 Å². The third kappa shape index (κ3) is 6.69. The number of ether oxygens (including phenoxy) is 2. The quantitative estimate of drug-likeness (QED) is 0.394. The summed E-state index contributed by atoms with van der Waals surface area (Å²) in [6.45, 7) is -0.828. The van der Waals surface area contributed by atoms with Crippen molar-refractivity contribution in [3.63, 3.8) is 0 Å². The number of nitrogens with zero attached hydrogens (tertiary/aromatic N) is 1. The van der Waals surface area contributed by atoms with Gasteiger partial charge in [0.05, 0.1) is 16.8 Å². The summed E-state index contributed by atoms with van der Waals surface area (Å²) < 4.78 is 74.4. The summed E-state index contributed by atoms with van der Waals surface area (Å²) in [7, 11) is -3.80. The molecule has 1 aliphatic carbocycles. The van der Waals surface area contributed by atoms with Crippen LogP contribution in [0.25, 0.3) is 0 Å². The minimum absolute atomic E-state index is 0.0989. The molecule has 4 rings (SSSR count). The maximum atomic E-state index is 13.0. The maximum absolute atomic E-state index is 13.0. The van der Waals surface area contributed by atoms with Crippen molar-refractivity contribution in [3.8, 4) is 5.75 Å². The Kier molecular flexibility index (Phi) is 7.73. The maximum Gasteiger partial charge on any atom is 0.573 e. The lowest BCUT2D eigenvalue weighted by atomic mass is 10.2. The number of aromatic nitrogens is 2. The predicted octanol–water partition coefficient (Wildman–Crippen LogP) is 2.48. The van der Waals surface area contributed by atoms with Gasteiger partial charge < -0.3 is 14.8 Å². The Labute approximate surface area is 213 Å². The molecule has 0 unspecified atom stereocenters. The lowest BCUT2D eigenvalue weighted by molar-refractivity contribution is -0.275. The first-order valence-electron chi connectivity index (χ1n) is 11.3. The number of alkyl halides is 3. The molecule has 0 bridgehead atoms. The molecule has 1 amide bonds. The molecule has 10 nitrogen and oxygen atoms in total. The molecule has 3 aromatic rings. The number of hydrogen-bond acceptors (Lipinski definition) is 7. The number of rotatable bonds is 10. The van der Waals surface area contributed by atoms with Gasteiger partial charge in [-0.3, -0.25) is 19.1 Å². The number of benzene rings is 2. The van der Waals surface area contributed by atoms with Crippen molar-refractivity contribution in [2.24, 2.45) is 0 Å². The van der Waals surface area contributed by atoms with Crippen LogP contribution in [0.3, 0.4) is 0 Å². The van der Waals surface area contributed by atoms with Crippen LogP contribution in [-0.4, -0.2) is 35.5 Å². The summed E-state index contributed by atoms with van der Waals surface area (Å²) >= 11 is 0. The molecule has 1 aromatic heterocycles. The van der Waals surface area contributed by atoms with Crippen molar-refractivity contribution in [1.29, 1.82) is 0 Å². The number of halogens is 3. The van der Waals surface area contributed by atoms with Crippen LogP contribution in [-0.2, 0) is 34.5 Å². The number of H-pyrrole nitrogens is 1. The van der Waals surface area contributed by atoms with Gasteiger partial charge in [-0.15, -0.1) is 13.2 Å². The highest BCUT2D eigenvalue weighted by molar-refractivity contribution is 7.92. The smallest absolute Gasteiger partial charge is 0.405 e. The Hall–Kier alpha value is -3.91. The Balaban J connectivity index is 1.53. The number of nitrogens with one attached hydrogen (secondary N) is 2. The van der Waals surface area contributed by atoms with E-state index in [1.807, 2.05) is 11.1 Å². The molecule has 0 aliphatic heterocycles. The van der Waals surface area contributed by atoms with Crippen molar-refractivity contribution in [3.05, 3.63) is 92.3 Å². The van der Waals surface area contributed by atoms with Crippen molar-refractivity contribution >= 4 is 15.7 Å². The summed E-state index contributed by atoms with van der Waals surface area (Å²) in [6, 6.07) is 12.8. The Morgan fingerprint density at radius 2 is 1.79 bits per heavy atom. The Morgan fingerprint density at radius 3 is 2.45 bits per heavy atom. The summed E-state index contributed by atoms with van der Waals surface area (Å²) in [5, 5.41) is 1.68. The number of aromatic amines is 1. The van der Waals surface area contributed by atoms with Gasteiger partial charge in [-0.1, -0.05) is 36.4 Å². The fourth-order valence-corrected chi connectivity index (χ4v) is 5.25. The lowest BCUT2D eigenvalue weighted by Crippen LogP contribution is -2.37. The second-order valence-corrected chi connectivity index (χ2v) is 10.7. The summed E-state index contributed by atoms with van der Waals surface area (Å²) in [6.07, 6.45) is -4.28. The second-order valence-electron chi connectivity index (χ2n) is 8.46. The predicted molar refractivity (Wildman–Crippen MR) is 127 cm³/mol. The molecule has 202 valence electrons. The number of carbonyl (C=O) groups excluding carboxylic acids is 1. The Morgan fingerprint density at radius 1 is 1.08 bits per heavy atom. The summed E-state index contributed by atoms with van der Waals surface area (Å²) in [4.78, 5) is 38.7. The highest BCUT2D eigenvalue weighted by Gasteiger charge is 2.38. The van der Waals surface area contributed by atoms with Crippen LogP contribution in [0, 0.1) is 0 Å². The fourth-order valence-electron chi connectivity index (χ4n) is 3.58. The van der Waals surface area contributed by atoms with Crippen molar-refractivity contribution in [2.45, 2.75) is 49.2 Å². The summed E-state index contributed by atoms with van der Waals surface area (Å²) in [5.41, 5.74) is -1.57. The molecule has 0 spiro atoms. The minimum Gasteiger partial charge on any atom is -0.405 e. The van der Waals surface area contributed by atoms with Crippen LogP contribution in [0.5, 0.6) is 5.75 Å². The van der Waals surface area contributed by atoms with Crippen molar-refractivity contribution < 1.29 is 35.9 Å². The molecule has 1 aliphatic rings. The molecule has 14 heteroatoms. The first-order chi connectivity index (χ1) is 17.9. The number of carbonyl (C=O) groups is 1. The van der Waals surface area contributed by atoms with Gasteiger partial charge in [-0.2, -0.15) is 0 Å². The molecule has 38 heavy (non-hydrogen) atoms. The van der Waals surface area contributed by atoms with E-state index in [0.29, 0.717) is 12.8 Å². The van der Waals surface area contributed by atoms with E-state index >= 15 is 0 Å². The number of amides is 1. The van der Waals surface area contributed by atoms with E-state index in [2.05, 4.69) is 10.1 Å². The van der Waals surface area contributed by atoms with Crippen LogP contribution in [0.4, 0.5) is 13.2 Å². The lowest BCUT2D eigenvalue weighted by Gasteiger charge is -2.16. The van der Waals surface area contributed by atoms with E-state index < -0.39 is 63.3 Å². The average Bonchev–Trinajstić information content (AvgIpc) is 3.70. The standard InChI is InChI=1S/C24H22F3N3O7S/c25-24(26,27)37-20-10-18(38(34,35)17-8-9-17)7-6-16(20)12-28-22(32)19-11-21(31)29-23(33)30(19)14-36-13-15-4-2-1-3-5-15/h1-7,10-11,17H,8-9,12-14H2,(H,28,32)(H,29,31,33). The third-order valence-electron chi connectivity index (χ3n) is 5.59. The van der Waals surface area contributed by atoms with Gasteiger partial charge in [0.2, 0.25) is 0 Å². The van der Waals surface area contributed by atoms with E-state index in [0.717, 1.165) is 34.4 Å². The normalized spacial score (nSPS) is 13.8. The molecule has 0 saturated heterocycles. The van der Waals surface area contributed by atoms with E-state index in [1.54, 1.807) is 24.3 Å². The van der Waals surface area contributed by atoms with Gasteiger partial charge in [0.25, 0.3) is 11.5 Å². The van der Waals surface area contributed by atoms with E-state index in [4.69, 9.17) is 4.74 Å². The molecule has 1 heterocycles. The highest BCUT2D eigenvalue weighted by atomic mass is 32.2. The molecule has 2 N–H and O–H groups in total. The first-order valence-corrected chi connectivity index (χ1v) is 12.9.